The topological polar surface area (TPSA) is 80.5 Å². The summed E-state index contributed by atoms with van der Waals surface area (Å²) in [6.45, 7) is 3.70. The largest absolute Gasteiger partial charge is 0.355 e. The standard InChI is InChI=1S/C20H26FN5O/c21-17-4-2-16(3-5-17)20(14-22)7-12-26(13-8-20)11-1-9-24-19(27)18-6-10-23-15-25-18/h2-5,10,18,25H,1,6-9,11-13,15H2,(H,24,27). The molecule has 0 aliphatic carbocycles. The molecule has 0 radical (unpaired) electrons. The molecule has 2 heterocycles. The highest BCUT2D eigenvalue weighted by molar-refractivity contribution is 5.85. The molecule has 1 aromatic rings. The van der Waals surface area contributed by atoms with Gasteiger partial charge in [0.1, 0.15) is 5.82 Å². The van der Waals surface area contributed by atoms with Crippen LogP contribution in [0, 0.1) is 17.1 Å². The summed E-state index contributed by atoms with van der Waals surface area (Å²) in [5.74, 6) is -0.248. The summed E-state index contributed by atoms with van der Waals surface area (Å²) < 4.78 is 13.2. The maximum Gasteiger partial charge on any atom is 0.237 e. The SMILES string of the molecule is N#CC1(c2ccc(F)cc2)CCN(CCCNC(=O)C2CC=NCN2)CC1. The Morgan fingerprint density at radius 3 is 2.74 bits per heavy atom. The highest BCUT2D eigenvalue weighted by Crippen LogP contribution is 2.35. The molecular formula is C20H26FN5O. The van der Waals surface area contributed by atoms with Gasteiger partial charge in [-0.1, -0.05) is 12.1 Å². The van der Waals surface area contributed by atoms with Crippen molar-refractivity contribution in [3.8, 4) is 6.07 Å². The van der Waals surface area contributed by atoms with E-state index in [1.54, 1.807) is 18.3 Å². The molecule has 0 spiro atoms. The lowest BCUT2D eigenvalue weighted by Gasteiger charge is -2.37. The van der Waals surface area contributed by atoms with Crippen LogP contribution in [0.4, 0.5) is 4.39 Å². The van der Waals surface area contributed by atoms with Crippen molar-refractivity contribution in [3.63, 3.8) is 0 Å². The summed E-state index contributed by atoms with van der Waals surface area (Å²) in [6, 6.07) is 8.61. The van der Waals surface area contributed by atoms with E-state index in [9.17, 15) is 14.4 Å². The van der Waals surface area contributed by atoms with Gasteiger partial charge in [0.2, 0.25) is 5.91 Å². The number of nitriles is 1. The van der Waals surface area contributed by atoms with Crippen LogP contribution in [-0.4, -0.2) is 55.9 Å². The third kappa shape index (κ3) is 4.90. The third-order valence-corrected chi connectivity index (χ3v) is 5.49. The number of nitrogens with one attached hydrogen (secondary N) is 2. The van der Waals surface area contributed by atoms with Crippen molar-refractivity contribution in [3.05, 3.63) is 35.6 Å². The molecule has 1 amide bonds. The van der Waals surface area contributed by atoms with Crippen LogP contribution >= 0.6 is 0 Å². The van der Waals surface area contributed by atoms with E-state index in [1.807, 2.05) is 0 Å². The van der Waals surface area contributed by atoms with Crippen molar-refractivity contribution in [2.45, 2.75) is 37.1 Å². The molecule has 3 rings (SSSR count). The number of halogens is 1. The molecule has 1 unspecified atom stereocenters. The van der Waals surface area contributed by atoms with Gasteiger partial charge in [-0.25, -0.2) is 4.39 Å². The van der Waals surface area contributed by atoms with Crippen molar-refractivity contribution in [2.75, 3.05) is 32.8 Å². The van der Waals surface area contributed by atoms with Crippen LogP contribution in [0.5, 0.6) is 0 Å². The smallest absolute Gasteiger partial charge is 0.237 e. The zero-order valence-corrected chi connectivity index (χ0v) is 15.5. The van der Waals surface area contributed by atoms with Gasteiger partial charge in [-0.05, 0) is 56.6 Å². The van der Waals surface area contributed by atoms with Crippen LogP contribution in [0.15, 0.2) is 29.3 Å². The van der Waals surface area contributed by atoms with Crippen molar-refractivity contribution < 1.29 is 9.18 Å². The zero-order valence-electron chi connectivity index (χ0n) is 15.5. The Kier molecular flexibility index (Phi) is 6.54. The molecule has 2 aliphatic rings. The second-order valence-electron chi connectivity index (χ2n) is 7.20. The Morgan fingerprint density at radius 1 is 1.37 bits per heavy atom. The monoisotopic (exact) mass is 371 g/mol. The summed E-state index contributed by atoms with van der Waals surface area (Å²) in [5.41, 5.74) is 0.383. The molecule has 1 aromatic carbocycles. The lowest BCUT2D eigenvalue weighted by atomic mass is 9.74. The second kappa shape index (κ2) is 9.07. The number of likely N-dealkylation sites (tertiary alicyclic amines) is 1. The van der Waals surface area contributed by atoms with Crippen molar-refractivity contribution in [1.29, 1.82) is 5.26 Å². The Labute approximate surface area is 159 Å². The first-order chi connectivity index (χ1) is 13.1. The minimum absolute atomic E-state index is 0.0274. The van der Waals surface area contributed by atoms with E-state index in [0.717, 1.165) is 44.5 Å². The number of carbonyl (C=O) groups excluding carboxylic acids is 1. The van der Waals surface area contributed by atoms with Gasteiger partial charge in [0, 0.05) is 19.2 Å². The van der Waals surface area contributed by atoms with Gasteiger partial charge in [0.15, 0.2) is 0 Å². The van der Waals surface area contributed by atoms with Gasteiger partial charge in [-0.3, -0.25) is 15.1 Å². The summed E-state index contributed by atoms with van der Waals surface area (Å²) in [7, 11) is 0. The number of hydrogen-bond acceptors (Lipinski definition) is 5. The first-order valence-corrected chi connectivity index (χ1v) is 9.52. The first-order valence-electron chi connectivity index (χ1n) is 9.52. The van der Waals surface area contributed by atoms with Gasteiger partial charge in [0.05, 0.1) is 24.2 Å². The Hall–Kier alpha value is -2.30. The van der Waals surface area contributed by atoms with Crippen molar-refractivity contribution in [1.82, 2.24) is 15.5 Å². The molecule has 2 N–H and O–H groups in total. The van der Waals surface area contributed by atoms with Crippen molar-refractivity contribution >= 4 is 12.1 Å². The number of benzene rings is 1. The molecule has 0 bridgehead atoms. The number of carbonyl (C=O) groups is 1. The number of nitrogens with zero attached hydrogens (tertiary/aromatic N) is 3. The summed E-state index contributed by atoms with van der Waals surface area (Å²) in [5, 5.41) is 15.8. The maximum absolute atomic E-state index is 13.2. The van der Waals surface area contributed by atoms with Crippen molar-refractivity contribution in [2.24, 2.45) is 4.99 Å². The van der Waals surface area contributed by atoms with Gasteiger partial charge < -0.3 is 10.2 Å². The number of amides is 1. The van der Waals surface area contributed by atoms with E-state index in [-0.39, 0.29) is 17.8 Å². The van der Waals surface area contributed by atoms with Crippen LogP contribution in [0.1, 0.15) is 31.2 Å². The lowest BCUT2D eigenvalue weighted by molar-refractivity contribution is -0.123. The molecule has 27 heavy (non-hydrogen) atoms. The fourth-order valence-electron chi connectivity index (χ4n) is 3.72. The van der Waals surface area contributed by atoms with Gasteiger partial charge in [0.25, 0.3) is 0 Å². The average Bonchev–Trinajstić information content (AvgIpc) is 2.73. The molecule has 0 saturated carbocycles. The molecule has 6 nitrogen and oxygen atoms in total. The van der Waals surface area contributed by atoms with Crippen LogP contribution in [-0.2, 0) is 10.2 Å². The molecule has 1 fully saturated rings. The molecule has 1 atom stereocenters. The molecule has 2 aliphatic heterocycles. The van der Waals surface area contributed by atoms with E-state index in [4.69, 9.17) is 0 Å². The number of aliphatic imine (C=N–C) groups is 1. The van der Waals surface area contributed by atoms with Gasteiger partial charge in [-0.15, -0.1) is 0 Å². The Morgan fingerprint density at radius 2 is 2.11 bits per heavy atom. The van der Waals surface area contributed by atoms with E-state index >= 15 is 0 Å². The molecular weight excluding hydrogens is 345 g/mol. The fourth-order valence-corrected chi connectivity index (χ4v) is 3.72. The fraction of sp³-hybridized carbons (Fsp3) is 0.550. The predicted molar refractivity (Wildman–Crippen MR) is 102 cm³/mol. The third-order valence-electron chi connectivity index (χ3n) is 5.49. The van der Waals surface area contributed by atoms with E-state index in [2.05, 4.69) is 26.6 Å². The minimum Gasteiger partial charge on any atom is -0.355 e. The highest BCUT2D eigenvalue weighted by atomic mass is 19.1. The average molecular weight is 371 g/mol. The minimum atomic E-state index is -0.521. The van der Waals surface area contributed by atoms with Gasteiger partial charge >= 0.3 is 0 Å². The van der Waals surface area contributed by atoms with Crippen LogP contribution in [0.2, 0.25) is 0 Å². The van der Waals surface area contributed by atoms with E-state index in [1.165, 1.54) is 12.1 Å². The second-order valence-corrected chi connectivity index (χ2v) is 7.20. The van der Waals surface area contributed by atoms with Gasteiger partial charge in [-0.2, -0.15) is 5.26 Å². The Balaban J connectivity index is 1.40. The van der Waals surface area contributed by atoms with E-state index in [0.29, 0.717) is 19.6 Å². The molecule has 144 valence electrons. The van der Waals surface area contributed by atoms with Crippen LogP contribution < -0.4 is 10.6 Å². The highest BCUT2D eigenvalue weighted by Gasteiger charge is 2.36. The van der Waals surface area contributed by atoms with E-state index < -0.39 is 5.41 Å². The molecule has 0 aromatic heterocycles. The quantitative estimate of drug-likeness (QED) is 0.744. The summed E-state index contributed by atoms with van der Waals surface area (Å²) in [4.78, 5) is 18.4. The normalized spacial score (nSPS) is 22.1. The summed E-state index contributed by atoms with van der Waals surface area (Å²) >= 11 is 0. The molecule has 7 heteroatoms. The summed E-state index contributed by atoms with van der Waals surface area (Å²) in [6.07, 6.45) is 4.79. The number of rotatable bonds is 6. The Bertz CT molecular complexity index is 704. The number of hydrogen-bond donors (Lipinski definition) is 2. The maximum atomic E-state index is 13.2. The predicted octanol–water partition coefficient (Wildman–Crippen LogP) is 1.58. The molecule has 1 saturated heterocycles. The van der Waals surface area contributed by atoms with Crippen LogP contribution in [0.3, 0.4) is 0 Å². The van der Waals surface area contributed by atoms with Crippen LogP contribution in [0.25, 0.3) is 0 Å². The zero-order chi connectivity index (χ0) is 19.1. The first kappa shape index (κ1) is 19.5. The lowest BCUT2D eigenvalue weighted by Crippen LogP contribution is -2.47. The number of piperidine rings is 1.